The number of aliphatic carboxylic acids is 2. The van der Waals surface area contributed by atoms with Crippen LogP contribution in [0.3, 0.4) is 0 Å². The average Bonchev–Trinajstić information content (AvgIpc) is 3.55. The van der Waals surface area contributed by atoms with Gasteiger partial charge in [0.1, 0.15) is 11.6 Å². The molecule has 0 bridgehead atoms. The predicted octanol–water partition coefficient (Wildman–Crippen LogP) is 3.98. The fourth-order valence-electron chi connectivity index (χ4n) is 3.21. The van der Waals surface area contributed by atoms with Gasteiger partial charge in [0, 0.05) is 37.9 Å². The first-order valence-electron chi connectivity index (χ1n) is 10.7. The van der Waals surface area contributed by atoms with Crippen molar-refractivity contribution in [3.63, 3.8) is 0 Å². The number of aromatic nitrogens is 2. The van der Waals surface area contributed by atoms with Crippen LogP contribution >= 0.6 is 0 Å². The molecule has 0 spiro atoms. The van der Waals surface area contributed by atoms with Crippen molar-refractivity contribution < 1.29 is 55.0 Å². The Balaban J connectivity index is 0.000000301. The van der Waals surface area contributed by atoms with E-state index in [2.05, 4.69) is 27.6 Å². The van der Waals surface area contributed by atoms with Crippen LogP contribution in [0.25, 0.3) is 0 Å². The minimum Gasteiger partial charge on any atom is -0.475 e. The third-order valence-electron chi connectivity index (χ3n) is 4.84. The van der Waals surface area contributed by atoms with Crippen LogP contribution in [0.5, 0.6) is 0 Å². The quantitative estimate of drug-likeness (QED) is 0.435. The Hall–Kier alpha value is -3.79. The number of furan rings is 2. The van der Waals surface area contributed by atoms with Crippen LogP contribution in [0.1, 0.15) is 22.8 Å². The molecule has 3 aromatic rings. The second-order valence-corrected chi connectivity index (χ2v) is 8.04. The van der Waals surface area contributed by atoms with Crippen molar-refractivity contribution in [3.8, 4) is 0 Å². The molecule has 1 aliphatic rings. The van der Waals surface area contributed by atoms with Crippen LogP contribution in [0, 0.1) is 0 Å². The smallest absolute Gasteiger partial charge is 0.475 e. The third-order valence-corrected chi connectivity index (χ3v) is 4.84. The molecule has 0 fully saturated rings. The zero-order valence-electron chi connectivity index (χ0n) is 19.9. The Morgan fingerprint density at radius 3 is 2.16 bits per heavy atom. The number of carboxylic acids is 2. The zero-order chi connectivity index (χ0) is 28.5. The highest BCUT2D eigenvalue weighted by molar-refractivity contribution is 5.73. The summed E-state index contributed by atoms with van der Waals surface area (Å²) in [6.07, 6.45) is -2.72. The lowest BCUT2D eigenvalue weighted by Crippen LogP contribution is -2.33. The molecule has 210 valence electrons. The molecule has 0 atom stereocenters. The van der Waals surface area contributed by atoms with Gasteiger partial charge in [-0.25, -0.2) is 14.6 Å². The molecule has 3 aromatic heterocycles. The van der Waals surface area contributed by atoms with Gasteiger partial charge < -0.3 is 23.6 Å². The van der Waals surface area contributed by atoms with Crippen LogP contribution in [-0.4, -0.2) is 67.4 Å². The largest absolute Gasteiger partial charge is 0.490 e. The van der Waals surface area contributed by atoms with Crippen molar-refractivity contribution >= 4 is 11.9 Å². The van der Waals surface area contributed by atoms with E-state index >= 15 is 0 Å². The Labute approximate surface area is 211 Å². The molecule has 10 nitrogen and oxygen atoms in total. The number of hydrogen-bond acceptors (Lipinski definition) is 7. The van der Waals surface area contributed by atoms with Crippen molar-refractivity contribution in [2.45, 2.75) is 45.1 Å². The van der Waals surface area contributed by atoms with Crippen LogP contribution in [0.4, 0.5) is 26.3 Å². The van der Waals surface area contributed by atoms with E-state index in [9.17, 15) is 26.3 Å². The molecule has 2 N–H and O–H groups in total. The summed E-state index contributed by atoms with van der Waals surface area (Å²) < 4.78 is 76.3. The molecule has 0 saturated heterocycles. The van der Waals surface area contributed by atoms with Crippen LogP contribution in [0.2, 0.25) is 0 Å². The number of nitrogens with zero attached hydrogens (tertiary/aromatic N) is 4. The first-order valence-corrected chi connectivity index (χ1v) is 10.7. The van der Waals surface area contributed by atoms with Crippen LogP contribution < -0.4 is 0 Å². The minimum absolute atomic E-state index is 0.793. The highest BCUT2D eigenvalue weighted by Crippen LogP contribution is 2.17. The van der Waals surface area contributed by atoms with E-state index in [-0.39, 0.29) is 0 Å². The molecule has 0 unspecified atom stereocenters. The summed E-state index contributed by atoms with van der Waals surface area (Å²) in [6.45, 7) is 5.44. The monoisotopic (exact) mass is 554 g/mol. The number of alkyl halides is 6. The summed E-state index contributed by atoms with van der Waals surface area (Å²) in [4.78, 5) is 27.2. The van der Waals surface area contributed by atoms with Crippen LogP contribution in [0.15, 0.2) is 52.0 Å². The fraction of sp³-hybridized carbons (Fsp3) is 0.409. The van der Waals surface area contributed by atoms with Crippen molar-refractivity contribution in [1.29, 1.82) is 0 Å². The van der Waals surface area contributed by atoms with E-state index in [1.807, 2.05) is 24.5 Å². The number of imidazole rings is 1. The summed E-state index contributed by atoms with van der Waals surface area (Å²) in [7, 11) is 2.09. The fourth-order valence-corrected chi connectivity index (χ4v) is 3.21. The van der Waals surface area contributed by atoms with Gasteiger partial charge in [-0.3, -0.25) is 9.80 Å². The van der Waals surface area contributed by atoms with Crippen LogP contribution in [-0.2, 0) is 42.3 Å². The molecule has 0 amide bonds. The maximum atomic E-state index is 10.6. The van der Waals surface area contributed by atoms with Crippen molar-refractivity contribution in [2.75, 3.05) is 13.6 Å². The molecule has 1 aliphatic heterocycles. The second-order valence-electron chi connectivity index (χ2n) is 8.04. The molecule has 0 aliphatic carbocycles. The number of halogens is 6. The standard InChI is InChI=1S/C18H22N4O2.2C2HF3O2/c1-20(12-17-3-2-7-24-17)10-16-11-22-6-5-21(13-18(22)19-16)9-15-4-8-23-14-15;2*3-2(4,5)1(6)7/h2-4,7-8,11,14H,5-6,9-10,12-13H2,1H3;2*(H,6,7). The van der Waals surface area contributed by atoms with Gasteiger partial charge in [0.05, 0.1) is 37.6 Å². The maximum Gasteiger partial charge on any atom is 0.490 e. The summed E-state index contributed by atoms with van der Waals surface area (Å²) in [5.41, 5.74) is 2.33. The molecule has 0 radical (unpaired) electrons. The lowest BCUT2D eigenvalue weighted by Gasteiger charge is -2.26. The topological polar surface area (TPSA) is 125 Å². The van der Waals surface area contributed by atoms with Crippen molar-refractivity contribution in [2.24, 2.45) is 0 Å². The third kappa shape index (κ3) is 10.3. The highest BCUT2D eigenvalue weighted by Gasteiger charge is 2.38. The normalized spacial score (nSPS) is 13.7. The number of hydrogen-bond donors (Lipinski definition) is 2. The molecule has 4 rings (SSSR count). The Kier molecular flexibility index (Phi) is 10.5. The lowest BCUT2D eigenvalue weighted by molar-refractivity contribution is -0.193. The van der Waals surface area contributed by atoms with Gasteiger partial charge in [-0.05, 0) is 25.2 Å². The Bertz CT molecular complexity index is 1120. The second kappa shape index (κ2) is 13.1. The van der Waals surface area contributed by atoms with Gasteiger partial charge >= 0.3 is 24.3 Å². The van der Waals surface area contributed by atoms with E-state index < -0.39 is 24.3 Å². The summed E-state index contributed by atoms with van der Waals surface area (Å²) in [5.74, 6) is -3.39. The first-order chi connectivity index (χ1) is 17.6. The van der Waals surface area contributed by atoms with Gasteiger partial charge in [0.15, 0.2) is 0 Å². The lowest BCUT2D eigenvalue weighted by atomic mass is 10.3. The number of rotatable bonds is 6. The number of carbonyl (C=O) groups is 2. The van der Waals surface area contributed by atoms with Gasteiger partial charge in [-0.15, -0.1) is 0 Å². The van der Waals surface area contributed by atoms with Gasteiger partial charge in [0.25, 0.3) is 0 Å². The first kappa shape index (κ1) is 30.4. The van der Waals surface area contributed by atoms with E-state index in [0.29, 0.717) is 0 Å². The van der Waals surface area contributed by atoms with E-state index in [1.165, 1.54) is 5.56 Å². The van der Waals surface area contributed by atoms with E-state index in [4.69, 9.17) is 33.6 Å². The minimum atomic E-state index is -5.08. The summed E-state index contributed by atoms with van der Waals surface area (Å²) >= 11 is 0. The maximum absolute atomic E-state index is 10.6. The number of fused-ring (bicyclic) bond motifs is 1. The molecule has 0 saturated carbocycles. The molecular formula is C22H24F6N4O6. The number of carboxylic acid groups (broad SMARTS) is 2. The molecule has 4 heterocycles. The molecule has 0 aromatic carbocycles. The van der Waals surface area contributed by atoms with Crippen molar-refractivity contribution in [1.82, 2.24) is 19.4 Å². The Morgan fingerprint density at radius 2 is 1.66 bits per heavy atom. The molecule has 16 heteroatoms. The summed E-state index contributed by atoms with van der Waals surface area (Å²) in [5, 5.41) is 14.2. The van der Waals surface area contributed by atoms with E-state index in [0.717, 1.165) is 56.5 Å². The molecular weight excluding hydrogens is 530 g/mol. The average molecular weight is 554 g/mol. The molecule has 38 heavy (non-hydrogen) atoms. The van der Waals surface area contributed by atoms with E-state index in [1.54, 1.807) is 12.5 Å². The summed E-state index contributed by atoms with van der Waals surface area (Å²) in [6, 6.07) is 5.95. The Morgan fingerprint density at radius 1 is 1.03 bits per heavy atom. The van der Waals surface area contributed by atoms with Gasteiger partial charge in [0.2, 0.25) is 0 Å². The predicted molar refractivity (Wildman–Crippen MR) is 116 cm³/mol. The zero-order valence-corrected chi connectivity index (χ0v) is 19.9. The van der Waals surface area contributed by atoms with Crippen molar-refractivity contribution in [3.05, 3.63) is 66.0 Å². The SMILES string of the molecule is CN(Cc1cn2c(n1)CN(Cc1ccoc1)CC2)Cc1ccco1.O=C(O)C(F)(F)F.O=C(O)C(F)(F)F. The van der Waals surface area contributed by atoms with Gasteiger partial charge in [-0.1, -0.05) is 0 Å². The highest BCUT2D eigenvalue weighted by atomic mass is 19.4. The van der Waals surface area contributed by atoms with Gasteiger partial charge in [-0.2, -0.15) is 26.3 Å².